The molecule has 1 aromatic heterocycles. The van der Waals surface area contributed by atoms with Gasteiger partial charge in [-0.05, 0) is 12.8 Å². The predicted octanol–water partition coefficient (Wildman–Crippen LogP) is 2.93. The molecule has 174 valence electrons. The van der Waals surface area contributed by atoms with Crippen LogP contribution in [0, 0.1) is 0 Å². The molecular weight excluding hydrogens is 428 g/mol. The molecule has 4 rings (SSSR count). The summed E-state index contributed by atoms with van der Waals surface area (Å²) in [4.78, 5) is 18.7. The molecule has 0 atom stereocenters. The lowest BCUT2D eigenvalue weighted by molar-refractivity contribution is -0.132. The molecule has 1 amide bonds. The van der Waals surface area contributed by atoms with E-state index in [1.807, 2.05) is 30.3 Å². The van der Waals surface area contributed by atoms with Crippen LogP contribution in [0.5, 0.6) is 0 Å². The minimum absolute atomic E-state index is 0.00199. The van der Waals surface area contributed by atoms with E-state index in [4.69, 9.17) is 4.42 Å². The number of hydrogen-bond acceptors (Lipinski definition) is 5. The van der Waals surface area contributed by atoms with Crippen molar-refractivity contribution in [3.05, 3.63) is 42.4 Å². The Labute approximate surface area is 190 Å². The maximum atomic E-state index is 13.0. The van der Waals surface area contributed by atoms with Crippen LogP contribution in [0.4, 0.5) is 0 Å². The van der Waals surface area contributed by atoms with E-state index in [0.717, 1.165) is 31.2 Å². The van der Waals surface area contributed by atoms with Crippen molar-refractivity contribution in [1.82, 2.24) is 18.5 Å². The van der Waals surface area contributed by atoms with Gasteiger partial charge < -0.3 is 9.32 Å². The van der Waals surface area contributed by atoms with Gasteiger partial charge >= 0.3 is 0 Å². The van der Waals surface area contributed by atoms with Crippen LogP contribution < -0.4 is 0 Å². The van der Waals surface area contributed by atoms with E-state index in [1.54, 1.807) is 22.4 Å². The molecule has 2 heterocycles. The second kappa shape index (κ2) is 10.1. The minimum atomic E-state index is -3.49. The molecule has 2 fully saturated rings. The highest BCUT2D eigenvalue weighted by molar-refractivity contribution is 7.86. The zero-order valence-electron chi connectivity index (χ0n) is 18.6. The van der Waals surface area contributed by atoms with E-state index in [-0.39, 0.29) is 11.9 Å². The number of piperazine rings is 1. The first-order valence-corrected chi connectivity index (χ1v) is 12.9. The van der Waals surface area contributed by atoms with Crippen LogP contribution in [-0.2, 0) is 21.4 Å². The van der Waals surface area contributed by atoms with Crippen molar-refractivity contribution < 1.29 is 17.6 Å². The standard InChI is InChI=1S/C23H32N4O4S/c1-25(20-10-6-3-7-11-20)32(29,30)27-16-14-26(15-17-27)23(28)13-12-22-24-18-21(31-22)19-8-4-2-5-9-19/h2,4-5,8-9,18,20H,3,6-7,10-17H2,1H3. The molecule has 0 unspecified atom stereocenters. The van der Waals surface area contributed by atoms with Crippen molar-refractivity contribution >= 4 is 16.1 Å². The quantitative estimate of drug-likeness (QED) is 0.634. The average molecular weight is 461 g/mol. The Morgan fingerprint density at radius 2 is 1.78 bits per heavy atom. The number of carbonyl (C=O) groups excluding carboxylic acids is 1. The third-order valence-electron chi connectivity index (χ3n) is 6.54. The fraction of sp³-hybridized carbons (Fsp3) is 0.565. The summed E-state index contributed by atoms with van der Waals surface area (Å²) < 4.78 is 34.9. The van der Waals surface area contributed by atoms with E-state index in [0.29, 0.717) is 50.7 Å². The summed E-state index contributed by atoms with van der Waals surface area (Å²) >= 11 is 0. The van der Waals surface area contributed by atoms with Crippen molar-refractivity contribution in [2.24, 2.45) is 0 Å². The Bertz CT molecular complexity index is 994. The fourth-order valence-electron chi connectivity index (χ4n) is 4.52. The molecule has 1 saturated carbocycles. The zero-order valence-corrected chi connectivity index (χ0v) is 19.5. The molecule has 0 bridgehead atoms. The minimum Gasteiger partial charge on any atom is -0.441 e. The predicted molar refractivity (Wildman–Crippen MR) is 122 cm³/mol. The lowest BCUT2D eigenvalue weighted by Crippen LogP contribution is -2.55. The van der Waals surface area contributed by atoms with Crippen LogP contribution in [-0.4, -0.2) is 72.1 Å². The number of amides is 1. The Hall–Kier alpha value is -2.23. The summed E-state index contributed by atoms with van der Waals surface area (Å²) in [7, 11) is -1.79. The molecule has 0 N–H and O–H groups in total. The van der Waals surface area contributed by atoms with Gasteiger partial charge in [-0.15, -0.1) is 0 Å². The second-order valence-corrected chi connectivity index (χ2v) is 10.6. The third kappa shape index (κ3) is 5.22. The first-order chi connectivity index (χ1) is 15.4. The highest BCUT2D eigenvalue weighted by atomic mass is 32.2. The topological polar surface area (TPSA) is 87.0 Å². The molecule has 1 aliphatic carbocycles. The number of aromatic nitrogens is 1. The lowest BCUT2D eigenvalue weighted by atomic mass is 9.96. The normalized spacial score (nSPS) is 18.9. The van der Waals surface area contributed by atoms with Crippen molar-refractivity contribution in [3.8, 4) is 11.3 Å². The fourth-order valence-corrected chi connectivity index (χ4v) is 6.09. The van der Waals surface area contributed by atoms with Crippen LogP contribution in [0.1, 0.15) is 44.4 Å². The third-order valence-corrected chi connectivity index (χ3v) is 8.58. The molecule has 2 aliphatic rings. The Kier molecular flexibility index (Phi) is 7.27. The number of oxazole rings is 1. The van der Waals surface area contributed by atoms with Crippen molar-refractivity contribution in [1.29, 1.82) is 0 Å². The number of rotatable bonds is 7. The smallest absolute Gasteiger partial charge is 0.282 e. The summed E-state index contributed by atoms with van der Waals surface area (Å²) in [5, 5.41) is 0. The first kappa shape index (κ1) is 22.9. The van der Waals surface area contributed by atoms with Crippen molar-refractivity contribution in [3.63, 3.8) is 0 Å². The van der Waals surface area contributed by atoms with E-state index < -0.39 is 10.2 Å². The number of aryl methyl sites for hydroxylation is 1. The van der Waals surface area contributed by atoms with Crippen molar-refractivity contribution in [2.45, 2.75) is 51.0 Å². The van der Waals surface area contributed by atoms with Gasteiger partial charge in [0.05, 0.1) is 6.20 Å². The Morgan fingerprint density at radius 1 is 1.09 bits per heavy atom. The van der Waals surface area contributed by atoms with Gasteiger partial charge in [0.25, 0.3) is 10.2 Å². The highest BCUT2D eigenvalue weighted by Gasteiger charge is 2.35. The SMILES string of the molecule is CN(C1CCCCC1)S(=O)(=O)N1CCN(C(=O)CCc2ncc(-c3ccccc3)o2)CC1. The van der Waals surface area contributed by atoms with E-state index >= 15 is 0 Å². The molecule has 0 radical (unpaired) electrons. The average Bonchev–Trinajstić information content (AvgIpc) is 3.32. The number of benzene rings is 1. The van der Waals surface area contributed by atoms with Crippen molar-refractivity contribution in [2.75, 3.05) is 33.2 Å². The van der Waals surface area contributed by atoms with Gasteiger partial charge in [0, 0.05) is 57.7 Å². The molecule has 2 aromatic rings. The van der Waals surface area contributed by atoms with Crippen LogP contribution >= 0.6 is 0 Å². The van der Waals surface area contributed by atoms with Gasteiger partial charge in [-0.25, -0.2) is 4.98 Å². The lowest BCUT2D eigenvalue weighted by Gasteiger charge is -2.38. The number of carbonyl (C=O) groups is 1. The summed E-state index contributed by atoms with van der Waals surface area (Å²) in [6.07, 6.45) is 7.63. The number of nitrogens with zero attached hydrogens (tertiary/aromatic N) is 4. The van der Waals surface area contributed by atoms with Gasteiger partial charge in [0.2, 0.25) is 5.91 Å². The maximum absolute atomic E-state index is 13.0. The summed E-state index contributed by atoms with van der Waals surface area (Å²) in [5.41, 5.74) is 0.952. The number of hydrogen-bond donors (Lipinski definition) is 0. The van der Waals surface area contributed by atoms with Gasteiger partial charge in [-0.3, -0.25) is 4.79 Å². The first-order valence-electron chi connectivity index (χ1n) is 11.5. The highest BCUT2D eigenvalue weighted by Crippen LogP contribution is 2.25. The van der Waals surface area contributed by atoms with E-state index in [9.17, 15) is 13.2 Å². The van der Waals surface area contributed by atoms with Gasteiger partial charge in [-0.1, -0.05) is 49.6 Å². The Morgan fingerprint density at radius 3 is 2.47 bits per heavy atom. The summed E-state index contributed by atoms with van der Waals surface area (Å²) in [5.74, 6) is 1.23. The molecule has 1 aliphatic heterocycles. The van der Waals surface area contributed by atoms with Gasteiger partial charge in [-0.2, -0.15) is 17.0 Å². The molecule has 1 aromatic carbocycles. The van der Waals surface area contributed by atoms with Crippen LogP contribution in [0.15, 0.2) is 40.9 Å². The second-order valence-electron chi connectivity index (χ2n) is 8.58. The molecule has 0 spiro atoms. The molecule has 8 nitrogen and oxygen atoms in total. The molecule has 32 heavy (non-hydrogen) atoms. The van der Waals surface area contributed by atoms with Crippen LogP contribution in [0.3, 0.4) is 0 Å². The van der Waals surface area contributed by atoms with Crippen LogP contribution in [0.25, 0.3) is 11.3 Å². The Balaban J connectivity index is 1.26. The maximum Gasteiger partial charge on any atom is 0.282 e. The van der Waals surface area contributed by atoms with E-state index in [2.05, 4.69) is 4.98 Å². The summed E-state index contributed by atoms with van der Waals surface area (Å²) in [6.45, 7) is 1.50. The molecular formula is C23H32N4O4S. The summed E-state index contributed by atoms with van der Waals surface area (Å²) in [6, 6.07) is 9.82. The van der Waals surface area contributed by atoms with E-state index in [1.165, 1.54) is 10.7 Å². The monoisotopic (exact) mass is 460 g/mol. The zero-order chi connectivity index (χ0) is 22.6. The largest absolute Gasteiger partial charge is 0.441 e. The molecule has 1 saturated heterocycles. The van der Waals surface area contributed by atoms with Gasteiger partial charge in [0.1, 0.15) is 0 Å². The molecule has 9 heteroatoms. The van der Waals surface area contributed by atoms with Crippen LogP contribution in [0.2, 0.25) is 0 Å². The van der Waals surface area contributed by atoms with Gasteiger partial charge in [0.15, 0.2) is 11.7 Å².